The molecule has 1 aromatic carbocycles. The molecule has 0 amide bonds. The molecule has 0 spiro atoms. The minimum atomic E-state index is 0.167. The van der Waals surface area contributed by atoms with Gasteiger partial charge in [-0.25, -0.2) is 0 Å². The van der Waals surface area contributed by atoms with Gasteiger partial charge in [-0.3, -0.25) is 0 Å². The number of rotatable bonds is 2. The Morgan fingerprint density at radius 1 is 1.05 bits per heavy atom. The SMILES string of the molecule is CCc1ccc(C2=CC(C)(C)Sc3ccccc32)s1. The molecule has 3 rings (SSSR count). The normalized spacial score (nSPS) is 16.9. The van der Waals surface area contributed by atoms with Crippen molar-refractivity contribution in [3.05, 3.63) is 57.8 Å². The van der Waals surface area contributed by atoms with Crippen molar-refractivity contribution in [1.82, 2.24) is 0 Å². The molecule has 2 aromatic rings. The third kappa shape index (κ3) is 2.52. The summed E-state index contributed by atoms with van der Waals surface area (Å²) in [5, 5.41) is 0. The van der Waals surface area contributed by atoms with Gasteiger partial charge in [0.25, 0.3) is 0 Å². The van der Waals surface area contributed by atoms with Gasteiger partial charge in [0.1, 0.15) is 0 Å². The van der Waals surface area contributed by atoms with Gasteiger partial charge in [0, 0.05) is 19.4 Å². The first kappa shape index (κ1) is 13.0. The lowest BCUT2D eigenvalue weighted by molar-refractivity contribution is 0.892. The Kier molecular flexibility index (Phi) is 3.32. The monoisotopic (exact) mass is 286 g/mol. The van der Waals surface area contributed by atoms with Crippen LogP contribution >= 0.6 is 23.1 Å². The summed E-state index contributed by atoms with van der Waals surface area (Å²) in [6, 6.07) is 13.3. The van der Waals surface area contributed by atoms with Crippen LogP contribution in [0.25, 0.3) is 5.57 Å². The Bertz CT molecular complexity index is 632. The second kappa shape index (κ2) is 4.84. The Hall–Kier alpha value is -0.990. The van der Waals surface area contributed by atoms with Crippen LogP contribution in [0.15, 0.2) is 47.4 Å². The molecule has 0 nitrogen and oxygen atoms in total. The molecular formula is C17H18S2. The zero-order valence-electron chi connectivity index (χ0n) is 11.6. The fourth-order valence-electron chi connectivity index (χ4n) is 2.43. The van der Waals surface area contributed by atoms with Gasteiger partial charge >= 0.3 is 0 Å². The van der Waals surface area contributed by atoms with E-state index in [4.69, 9.17) is 0 Å². The minimum absolute atomic E-state index is 0.167. The van der Waals surface area contributed by atoms with Crippen LogP contribution in [-0.2, 0) is 6.42 Å². The third-order valence-corrected chi connectivity index (χ3v) is 5.80. The zero-order chi connectivity index (χ0) is 13.5. The van der Waals surface area contributed by atoms with Crippen molar-refractivity contribution < 1.29 is 0 Å². The molecule has 0 fully saturated rings. The van der Waals surface area contributed by atoms with Crippen LogP contribution in [0.3, 0.4) is 0 Å². The highest BCUT2D eigenvalue weighted by Crippen LogP contribution is 2.46. The largest absolute Gasteiger partial charge is 0.140 e. The summed E-state index contributed by atoms with van der Waals surface area (Å²) in [6.45, 7) is 6.81. The second-order valence-electron chi connectivity index (χ2n) is 5.38. The molecular weight excluding hydrogens is 268 g/mol. The molecule has 0 saturated carbocycles. The Morgan fingerprint density at radius 3 is 2.58 bits per heavy atom. The lowest BCUT2D eigenvalue weighted by Gasteiger charge is -2.28. The first-order chi connectivity index (χ1) is 9.09. The van der Waals surface area contributed by atoms with Crippen molar-refractivity contribution in [3.63, 3.8) is 0 Å². The lowest BCUT2D eigenvalue weighted by atomic mass is 9.99. The van der Waals surface area contributed by atoms with Crippen LogP contribution in [0.2, 0.25) is 0 Å². The Morgan fingerprint density at radius 2 is 1.84 bits per heavy atom. The molecule has 19 heavy (non-hydrogen) atoms. The second-order valence-corrected chi connectivity index (χ2v) is 8.24. The highest BCUT2D eigenvalue weighted by molar-refractivity contribution is 8.01. The molecule has 2 heteroatoms. The molecule has 0 saturated heterocycles. The summed E-state index contributed by atoms with van der Waals surface area (Å²) >= 11 is 3.88. The van der Waals surface area contributed by atoms with E-state index in [1.54, 1.807) is 0 Å². The smallest absolute Gasteiger partial charge is 0.0349 e. The quantitative estimate of drug-likeness (QED) is 0.689. The highest BCUT2D eigenvalue weighted by Gasteiger charge is 2.26. The van der Waals surface area contributed by atoms with E-state index in [-0.39, 0.29) is 4.75 Å². The first-order valence-electron chi connectivity index (χ1n) is 6.69. The van der Waals surface area contributed by atoms with Crippen LogP contribution < -0.4 is 0 Å². The van der Waals surface area contributed by atoms with Gasteiger partial charge in [0.15, 0.2) is 0 Å². The maximum Gasteiger partial charge on any atom is 0.0349 e. The fraction of sp³-hybridized carbons (Fsp3) is 0.294. The maximum atomic E-state index is 2.42. The summed E-state index contributed by atoms with van der Waals surface area (Å²) in [7, 11) is 0. The topological polar surface area (TPSA) is 0 Å². The van der Waals surface area contributed by atoms with Crippen molar-refractivity contribution >= 4 is 28.7 Å². The van der Waals surface area contributed by atoms with Gasteiger partial charge in [-0.05, 0) is 49.6 Å². The Labute approximate surface area is 123 Å². The first-order valence-corrected chi connectivity index (χ1v) is 8.33. The van der Waals surface area contributed by atoms with E-state index in [0.717, 1.165) is 6.42 Å². The van der Waals surface area contributed by atoms with Gasteiger partial charge < -0.3 is 0 Å². The number of hydrogen-bond donors (Lipinski definition) is 0. The van der Waals surface area contributed by atoms with E-state index in [2.05, 4.69) is 63.2 Å². The lowest BCUT2D eigenvalue weighted by Crippen LogP contribution is -2.15. The predicted octanol–water partition coefficient (Wildman–Crippen LogP) is 5.63. The molecule has 0 N–H and O–H groups in total. The summed E-state index contributed by atoms with van der Waals surface area (Å²) in [5.41, 5.74) is 2.79. The molecule has 1 aromatic heterocycles. The molecule has 98 valence electrons. The van der Waals surface area contributed by atoms with Crippen molar-refractivity contribution in [2.75, 3.05) is 0 Å². The zero-order valence-corrected chi connectivity index (χ0v) is 13.2. The summed E-state index contributed by atoms with van der Waals surface area (Å²) in [6.07, 6.45) is 3.54. The Balaban J connectivity index is 2.14. The van der Waals surface area contributed by atoms with Crippen LogP contribution in [0.1, 0.15) is 36.1 Å². The number of aryl methyl sites for hydroxylation is 1. The third-order valence-electron chi connectivity index (χ3n) is 3.32. The molecule has 0 bridgehead atoms. The molecule has 0 unspecified atom stereocenters. The predicted molar refractivity (Wildman–Crippen MR) is 87.2 cm³/mol. The standard InChI is InChI=1S/C17H18S2/c1-4-12-9-10-15(18-12)14-11-17(2,3)19-16-8-6-5-7-13(14)16/h5-11H,4H2,1-3H3. The summed E-state index contributed by atoms with van der Waals surface area (Å²) in [4.78, 5) is 4.26. The van der Waals surface area contributed by atoms with E-state index in [1.165, 1.54) is 25.8 Å². The van der Waals surface area contributed by atoms with Gasteiger partial charge in [-0.1, -0.05) is 31.2 Å². The van der Waals surface area contributed by atoms with E-state index in [9.17, 15) is 0 Å². The van der Waals surface area contributed by atoms with Crippen molar-refractivity contribution in [2.45, 2.75) is 36.8 Å². The van der Waals surface area contributed by atoms with E-state index < -0.39 is 0 Å². The molecule has 0 aliphatic carbocycles. The molecule has 1 aliphatic heterocycles. The molecule has 0 radical (unpaired) electrons. The summed E-state index contributed by atoms with van der Waals surface area (Å²) in [5.74, 6) is 0. The van der Waals surface area contributed by atoms with Gasteiger partial charge in [-0.2, -0.15) is 0 Å². The summed E-state index contributed by atoms with van der Waals surface area (Å²) < 4.78 is 0.167. The highest BCUT2D eigenvalue weighted by atomic mass is 32.2. The number of hydrogen-bond acceptors (Lipinski definition) is 2. The van der Waals surface area contributed by atoms with E-state index in [0.29, 0.717) is 0 Å². The molecule has 1 aliphatic rings. The van der Waals surface area contributed by atoms with Crippen LogP contribution in [0, 0.1) is 0 Å². The number of thioether (sulfide) groups is 1. The van der Waals surface area contributed by atoms with Crippen molar-refractivity contribution in [2.24, 2.45) is 0 Å². The fourth-order valence-corrected chi connectivity index (χ4v) is 4.59. The maximum absolute atomic E-state index is 2.42. The van der Waals surface area contributed by atoms with Crippen molar-refractivity contribution in [3.8, 4) is 0 Å². The minimum Gasteiger partial charge on any atom is -0.140 e. The van der Waals surface area contributed by atoms with Crippen LogP contribution in [0.4, 0.5) is 0 Å². The number of benzene rings is 1. The van der Waals surface area contributed by atoms with Crippen LogP contribution in [-0.4, -0.2) is 4.75 Å². The average Bonchev–Trinajstić information content (AvgIpc) is 2.85. The van der Waals surface area contributed by atoms with Gasteiger partial charge in [0.2, 0.25) is 0 Å². The van der Waals surface area contributed by atoms with Gasteiger partial charge in [-0.15, -0.1) is 23.1 Å². The van der Waals surface area contributed by atoms with Gasteiger partial charge in [0.05, 0.1) is 0 Å². The van der Waals surface area contributed by atoms with E-state index >= 15 is 0 Å². The number of fused-ring (bicyclic) bond motifs is 1. The van der Waals surface area contributed by atoms with E-state index in [1.807, 2.05) is 23.1 Å². The van der Waals surface area contributed by atoms with Crippen LogP contribution in [0.5, 0.6) is 0 Å². The number of thiophene rings is 1. The molecule has 0 atom stereocenters. The van der Waals surface area contributed by atoms with Crippen molar-refractivity contribution in [1.29, 1.82) is 0 Å². The average molecular weight is 286 g/mol. The molecule has 2 heterocycles.